The molecule has 0 radical (unpaired) electrons. The third kappa shape index (κ3) is 9.70. The summed E-state index contributed by atoms with van der Waals surface area (Å²) in [6.45, 7) is 13.0. The molecular weight excluding hydrogens is 508 g/mol. The first-order valence-corrected chi connectivity index (χ1v) is 14.6. The summed E-state index contributed by atoms with van der Waals surface area (Å²) in [5.41, 5.74) is 4.38. The van der Waals surface area contributed by atoms with E-state index in [9.17, 15) is 9.59 Å². The molecule has 0 aliphatic carbocycles. The van der Waals surface area contributed by atoms with Crippen molar-refractivity contribution in [3.05, 3.63) is 81.1 Å². The van der Waals surface area contributed by atoms with Crippen LogP contribution in [0.4, 0.5) is 10.5 Å². The molecule has 1 heterocycles. The SMILES string of the molecule is CCC(NC(=O)c1csc(=Nc2cc(C)cc(C)c2)n1CCCCCNC(=O)OC(C)(C)C)c1ccccc1. The Morgan fingerprint density at radius 2 is 1.72 bits per heavy atom. The normalized spacial score (nSPS) is 12.7. The molecule has 3 aromatic rings. The quantitative estimate of drug-likeness (QED) is 0.253. The maximum absolute atomic E-state index is 13.5. The van der Waals surface area contributed by atoms with Gasteiger partial charge in [0.15, 0.2) is 4.80 Å². The lowest BCUT2D eigenvalue weighted by Gasteiger charge is -2.19. The Hall–Kier alpha value is -3.39. The first-order chi connectivity index (χ1) is 18.6. The van der Waals surface area contributed by atoms with Gasteiger partial charge in [0.1, 0.15) is 11.3 Å². The van der Waals surface area contributed by atoms with Crippen molar-refractivity contribution in [3.63, 3.8) is 0 Å². The Morgan fingerprint density at radius 1 is 1.03 bits per heavy atom. The number of thiazole rings is 1. The molecule has 39 heavy (non-hydrogen) atoms. The zero-order chi connectivity index (χ0) is 28.4. The van der Waals surface area contributed by atoms with Gasteiger partial charge in [-0.2, -0.15) is 0 Å². The van der Waals surface area contributed by atoms with Crippen molar-refractivity contribution < 1.29 is 14.3 Å². The van der Waals surface area contributed by atoms with Crippen molar-refractivity contribution in [2.45, 2.75) is 85.4 Å². The van der Waals surface area contributed by atoms with Crippen LogP contribution in [0.2, 0.25) is 0 Å². The van der Waals surface area contributed by atoms with Crippen LogP contribution in [-0.2, 0) is 11.3 Å². The van der Waals surface area contributed by atoms with Crippen LogP contribution in [0.1, 0.15) is 86.6 Å². The summed E-state index contributed by atoms with van der Waals surface area (Å²) >= 11 is 1.48. The Labute approximate surface area is 236 Å². The van der Waals surface area contributed by atoms with Crippen LogP contribution in [0.25, 0.3) is 0 Å². The minimum absolute atomic E-state index is 0.0641. The molecular formula is C31H42N4O3S. The lowest BCUT2D eigenvalue weighted by molar-refractivity contribution is 0.0526. The second kappa shape index (κ2) is 14.1. The van der Waals surface area contributed by atoms with E-state index >= 15 is 0 Å². The van der Waals surface area contributed by atoms with Gasteiger partial charge in [0.25, 0.3) is 5.91 Å². The molecule has 1 aromatic heterocycles. The molecule has 2 N–H and O–H groups in total. The fourth-order valence-corrected chi connectivity index (χ4v) is 5.28. The van der Waals surface area contributed by atoms with E-state index in [2.05, 4.69) is 49.6 Å². The van der Waals surface area contributed by atoms with Crippen molar-refractivity contribution in [1.82, 2.24) is 15.2 Å². The molecule has 1 atom stereocenters. The van der Waals surface area contributed by atoms with Gasteiger partial charge in [-0.25, -0.2) is 9.79 Å². The molecule has 0 saturated heterocycles. The number of ether oxygens (including phenoxy) is 1. The highest BCUT2D eigenvalue weighted by Crippen LogP contribution is 2.19. The molecule has 7 nitrogen and oxygen atoms in total. The van der Waals surface area contributed by atoms with Gasteiger partial charge in [-0.05, 0) is 89.1 Å². The number of rotatable bonds is 11. The number of alkyl carbamates (subject to hydrolysis) is 1. The number of aryl methyl sites for hydroxylation is 2. The zero-order valence-electron chi connectivity index (χ0n) is 24.0. The van der Waals surface area contributed by atoms with E-state index in [0.29, 0.717) is 18.8 Å². The van der Waals surface area contributed by atoms with Crippen LogP contribution in [-0.4, -0.2) is 28.7 Å². The van der Waals surface area contributed by atoms with E-state index in [1.165, 1.54) is 11.3 Å². The van der Waals surface area contributed by atoms with Gasteiger partial charge in [-0.15, -0.1) is 11.3 Å². The first-order valence-electron chi connectivity index (χ1n) is 13.7. The topological polar surface area (TPSA) is 84.7 Å². The summed E-state index contributed by atoms with van der Waals surface area (Å²) < 4.78 is 7.32. The summed E-state index contributed by atoms with van der Waals surface area (Å²) in [7, 11) is 0. The fourth-order valence-electron chi connectivity index (χ4n) is 4.36. The highest BCUT2D eigenvalue weighted by Gasteiger charge is 2.19. The summed E-state index contributed by atoms with van der Waals surface area (Å²) in [6.07, 6.45) is 2.96. The largest absolute Gasteiger partial charge is 0.444 e. The van der Waals surface area contributed by atoms with Gasteiger partial charge in [0.2, 0.25) is 0 Å². The van der Waals surface area contributed by atoms with Crippen LogP contribution in [0.15, 0.2) is 58.9 Å². The second-order valence-electron chi connectivity index (χ2n) is 10.8. The maximum Gasteiger partial charge on any atom is 0.407 e. The Morgan fingerprint density at radius 3 is 2.36 bits per heavy atom. The predicted octanol–water partition coefficient (Wildman–Crippen LogP) is 6.97. The number of aromatic nitrogens is 1. The zero-order valence-corrected chi connectivity index (χ0v) is 24.9. The van der Waals surface area contributed by atoms with Gasteiger partial charge in [0.05, 0.1) is 11.7 Å². The standard InChI is InChI=1S/C31H42N4O3S/c1-7-26(24-14-10-8-11-15-24)34-28(36)27-21-39-29(33-25-19-22(2)18-23(3)20-25)35(27)17-13-9-12-16-32-30(37)38-31(4,5)6/h8,10-11,14-15,18-21,26H,7,9,12-13,16-17H2,1-6H3,(H,32,37)(H,34,36). The van der Waals surface area contributed by atoms with Gasteiger partial charge in [-0.1, -0.05) is 43.3 Å². The molecule has 8 heteroatoms. The monoisotopic (exact) mass is 550 g/mol. The van der Waals surface area contributed by atoms with Gasteiger partial charge in [0, 0.05) is 18.5 Å². The van der Waals surface area contributed by atoms with E-state index in [4.69, 9.17) is 9.73 Å². The average molecular weight is 551 g/mol. The number of nitrogens with one attached hydrogen (secondary N) is 2. The minimum Gasteiger partial charge on any atom is -0.444 e. The molecule has 0 bridgehead atoms. The van der Waals surface area contributed by atoms with E-state index in [-0.39, 0.29) is 11.9 Å². The summed E-state index contributed by atoms with van der Waals surface area (Å²) in [5.74, 6) is -0.101. The predicted molar refractivity (Wildman–Crippen MR) is 158 cm³/mol. The fraction of sp³-hybridized carbons (Fsp3) is 0.452. The van der Waals surface area contributed by atoms with E-state index in [1.807, 2.05) is 61.1 Å². The molecule has 2 aromatic carbocycles. The van der Waals surface area contributed by atoms with Crippen LogP contribution in [0.5, 0.6) is 0 Å². The smallest absolute Gasteiger partial charge is 0.407 e. The van der Waals surface area contributed by atoms with Crippen molar-refractivity contribution in [2.75, 3.05) is 6.54 Å². The van der Waals surface area contributed by atoms with Crippen LogP contribution in [0.3, 0.4) is 0 Å². The number of carbonyl (C=O) groups excluding carboxylic acids is 2. The third-order valence-electron chi connectivity index (χ3n) is 6.10. The number of hydrogen-bond donors (Lipinski definition) is 2. The summed E-state index contributed by atoms with van der Waals surface area (Å²) in [5, 5.41) is 7.93. The number of benzene rings is 2. The second-order valence-corrected chi connectivity index (χ2v) is 11.7. The molecule has 210 valence electrons. The van der Waals surface area contributed by atoms with E-state index in [0.717, 1.165) is 52.9 Å². The molecule has 0 aliphatic rings. The lowest BCUT2D eigenvalue weighted by Crippen LogP contribution is -2.33. The number of hydrogen-bond acceptors (Lipinski definition) is 5. The average Bonchev–Trinajstić information content (AvgIpc) is 3.25. The van der Waals surface area contributed by atoms with Gasteiger partial charge < -0.3 is 19.9 Å². The molecule has 3 rings (SSSR count). The van der Waals surface area contributed by atoms with E-state index < -0.39 is 11.7 Å². The highest BCUT2D eigenvalue weighted by atomic mass is 32.1. The van der Waals surface area contributed by atoms with Crippen molar-refractivity contribution in [3.8, 4) is 0 Å². The Balaban J connectivity index is 1.75. The molecule has 2 amide bonds. The number of unbranched alkanes of at least 4 members (excludes halogenated alkanes) is 2. The maximum atomic E-state index is 13.5. The summed E-state index contributed by atoms with van der Waals surface area (Å²) in [6, 6.07) is 16.2. The third-order valence-corrected chi connectivity index (χ3v) is 6.97. The van der Waals surface area contributed by atoms with Crippen LogP contribution in [0, 0.1) is 13.8 Å². The molecule has 0 fully saturated rings. The lowest BCUT2D eigenvalue weighted by atomic mass is 10.0. The molecule has 1 unspecified atom stereocenters. The molecule has 0 spiro atoms. The molecule has 0 aliphatic heterocycles. The number of carbonyl (C=O) groups is 2. The van der Waals surface area contributed by atoms with Gasteiger partial charge >= 0.3 is 6.09 Å². The van der Waals surface area contributed by atoms with Crippen molar-refractivity contribution in [1.29, 1.82) is 0 Å². The Kier molecular flexibility index (Phi) is 10.9. The molecule has 0 saturated carbocycles. The van der Waals surface area contributed by atoms with Crippen LogP contribution < -0.4 is 15.4 Å². The van der Waals surface area contributed by atoms with E-state index in [1.54, 1.807) is 0 Å². The van der Waals surface area contributed by atoms with Crippen molar-refractivity contribution in [2.24, 2.45) is 4.99 Å². The Bertz CT molecular complexity index is 1290. The number of nitrogens with zero attached hydrogens (tertiary/aromatic N) is 2. The number of amides is 2. The van der Waals surface area contributed by atoms with Crippen molar-refractivity contribution >= 4 is 29.0 Å². The minimum atomic E-state index is -0.510. The summed E-state index contributed by atoms with van der Waals surface area (Å²) in [4.78, 5) is 31.1. The highest BCUT2D eigenvalue weighted by molar-refractivity contribution is 7.07. The van der Waals surface area contributed by atoms with Crippen LogP contribution >= 0.6 is 11.3 Å². The first kappa shape index (κ1) is 30.2. The van der Waals surface area contributed by atoms with Gasteiger partial charge in [-0.3, -0.25) is 4.79 Å².